The van der Waals surface area contributed by atoms with Crippen LogP contribution in [0.3, 0.4) is 0 Å². The minimum absolute atomic E-state index is 0.119. The molecule has 2 fully saturated rings. The number of piperazine rings is 1. The molecule has 138 valence electrons. The van der Waals surface area contributed by atoms with E-state index in [4.69, 9.17) is 9.47 Å². The van der Waals surface area contributed by atoms with Crippen LogP contribution in [0.2, 0.25) is 0 Å². The second-order valence-electron chi connectivity index (χ2n) is 6.79. The highest BCUT2D eigenvalue weighted by Crippen LogP contribution is 2.27. The number of nitrogens with zero attached hydrogens (tertiary/aromatic N) is 4. The van der Waals surface area contributed by atoms with E-state index in [0.717, 1.165) is 62.2 Å². The topological polar surface area (TPSA) is 67.8 Å². The molecule has 0 saturated carbocycles. The average Bonchev–Trinajstić information content (AvgIpc) is 3.20. The molecule has 1 aromatic carbocycles. The first-order valence-electron chi connectivity index (χ1n) is 9.17. The number of hydrogen-bond acceptors (Lipinski definition) is 6. The van der Waals surface area contributed by atoms with Crippen molar-refractivity contribution < 1.29 is 14.3 Å². The van der Waals surface area contributed by atoms with Gasteiger partial charge in [0.05, 0.1) is 30.5 Å². The Morgan fingerprint density at radius 3 is 2.85 bits per heavy atom. The molecule has 1 unspecified atom stereocenters. The molecular formula is C19H24N4O3. The van der Waals surface area contributed by atoms with Crippen molar-refractivity contribution in [2.24, 2.45) is 0 Å². The number of amides is 1. The number of hydrogen-bond donors (Lipinski definition) is 0. The fourth-order valence-corrected chi connectivity index (χ4v) is 3.72. The lowest BCUT2D eigenvalue weighted by Crippen LogP contribution is -2.49. The molecule has 7 heteroatoms. The molecule has 0 radical (unpaired) electrons. The monoisotopic (exact) mass is 356 g/mol. The number of methoxy groups -OCH3 is 1. The third kappa shape index (κ3) is 3.44. The van der Waals surface area contributed by atoms with E-state index < -0.39 is 0 Å². The number of benzene rings is 1. The van der Waals surface area contributed by atoms with Crippen LogP contribution < -0.4 is 9.64 Å². The second-order valence-corrected chi connectivity index (χ2v) is 6.79. The highest BCUT2D eigenvalue weighted by atomic mass is 16.5. The van der Waals surface area contributed by atoms with Crippen LogP contribution in [-0.2, 0) is 9.53 Å². The van der Waals surface area contributed by atoms with E-state index in [1.165, 1.54) is 6.33 Å². The van der Waals surface area contributed by atoms with Crippen molar-refractivity contribution in [2.45, 2.75) is 25.4 Å². The van der Waals surface area contributed by atoms with E-state index in [0.29, 0.717) is 12.3 Å². The summed E-state index contributed by atoms with van der Waals surface area (Å²) in [5.74, 6) is 0.798. The largest absolute Gasteiger partial charge is 0.480 e. The molecule has 26 heavy (non-hydrogen) atoms. The SMILES string of the molecule is COc1ncnc2ccc(N3CCN(C(=O)CC4CCCO4)CC3)cc12. The Morgan fingerprint density at radius 2 is 2.12 bits per heavy atom. The van der Waals surface area contributed by atoms with Crippen molar-refractivity contribution in [3.05, 3.63) is 24.5 Å². The zero-order valence-corrected chi connectivity index (χ0v) is 15.1. The van der Waals surface area contributed by atoms with Crippen LogP contribution in [0.5, 0.6) is 5.88 Å². The van der Waals surface area contributed by atoms with Crippen LogP contribution in [0.25, 0.3) is 10.9 Å². The maximum Gasteiger partial charge on any atom is 0.225 e. The van der Waals surface area contributed by atoms with Gasteiger partial charge in [-0.05, 0) is 31.0 Å². The van der Waals surface area contributed by atoms with Gasteiger partial charge in [0.15, 0.2) is 0 Å². The van der Waals surface area contributed by atoms with Crippen LogP contribution in [0.1, 0.15) is 19.3 Å². The normalized spacial score (nSPS) is 20.6. The molecule has 0 aliphatic carbocycles. The minimum atomic E-state index is 0.119. The maximum absolute atomic E-state index is 12.4. The van der Waals surface area contributed by atoms with Crippen molar-refractivity contribution in [1.29, 1.82) is 0 Å². The van der Waals surface area contributed by atoms with Gasteiger partial charge in [-0.25, -0.2) is 9.97 Å². The number of rotatable bonds is 4. The molecule has 0 N–H and O–H groups in total. The molecule has 4 rings (SSSR count). The number of aromatic nitrogens is 2. The van der Waals surface area contributed by atoms with Gasteiger partial charge in [0, 0.05) is 38.5 Å². The third-order valence-electron chi connectivity index (χ3n) is 5.20. The van der Waals surface area contributed by atoms with Crippen molar-refractivity contribution >= 4 is 22.5 Å². The molecule has 2 aliphatic heterocycles. The Hall–Kier alpha value is -2.41. The van der Waals surface area contributed by atoms with Crippen molar-refractivity contribution in [2.75, 3.05) is 44.8 Å². The van der Waals surface area contributed by atoms with Crippen LogP contribution in [0.15, 0.2) is 24.5 Å². The van der Waals surface area contributed by atoms with E-state index >= 15 is 0 Å². The Labute approximate surface area is 152 Å². The number of carbonyl (C=O) groups excluding carboxylic acids is 1. The molecule has 0 bridgehead atoms. The van der Waals surface area contributed by atoms with Crippen molar-refractivity contribution in [3.8, 4) is 5.88 Å². The number of carbonyl (C=O) groups is 1. The summed E-state index contributed by atoms with van der Waals surface area (Å²) in [5.41, 5.74) is 1.97. The smallest absolute Gasteiger partial charge is 0.225 e. The van der Waals surface area contributed by atoms with E-state index in [1.54, 1.807) is 7.11 Å². The molecule has 2 aliphatic rings. The molecule has 3 heterocycles. The zero-order valence-electron chi connectivity index (χ0n) is 15.1. The molecule has 0 spiro atoms. The predicted octanol–water partition coefficient (Wildman–Crippen LogP) is 1.86. The Balaban J connectivity index is 1.41. The summed E-state index contributed by atoms with van der Waals surface area (Å²) in [6, 6.07) is 6.13. The standard InChI is InChI=1S/C19H24N4O3/c1-25-19-16-11-14(4-5-17(16)20-13-21-19)22-6-8-23(9-7-22)18(24)12-15-3-2-10-26-15/h4-5,11,13,15H,2-3,6-10,12H2,1H3. The van der Waals surface area contributed by atoms with Crippen LogP contribution in [0, 0.1) is 0 Å². The van der Waals surface area contributed by atoms with Gasteiger partial charge in [0.2, 0.25) is 11.8 Å². The Kier molecular flexibility index (Phi) is 4.88. The molecular weight excluding hydrogens is 332 g/mol. The molecule has 1 atom stereocenters. The first-order chi connectivity index (χ1) is 12.7. The van der Waals surface area contributed by atoms with E-state index in [2.05, 4.69) is 27.0 Å². The summed E-state index contributed by atoms with van der Waals surface area (Å²) in [4.78, 5) is 25.2. The van der Waals surface area contributed by atoms with Gasteiger partial charge in [0.25, 0.3) is 0 Å². The lowest BCUT2D eigenvalue weighted by atomic mass is 10.1. The van der Waals surface area contributed by atoms with Crippen molar-refractivity contribution in [3.63, 3.8) is 0 Å². The van der Waals surface area contributed by atoms with Crippen LogP contribution in [-0.4, -0.2) is 66.8 Å². The molecule has 2 saturated heterocycles. The zero-order chi connectivity index (χ0) is 17.9. The molecule has 1 aromatic heterocycles. The quantitative estimate of drug-likeness (QED) is 0.833. The molecule has 7 nitrogen and oxygen atoms in total. The summed E-state index contributed by atoms with van der Waals surface area (Å²) in [6.07, 6.45) is 4.23. The van der Waals surface area contributed by atoms with E-state index in [-0.39, 0.29) is 12.0 Å². The Bertz CT molecular complexity index is 783. The summed E-state index contributed by atoms with van der Waals surface area (Å²) in [7, 11) is 1.62. The summed E-state index contributed by atoms with van der Waals surface area (Å²) in [6.45, 7) is 3.91. The van der Waals surface area contributed by atoms with E-state index in [1.807, 2.05) is 11.0 Å². The molecule has 1 amide bonds. The van der Waals surface area contributed by atoms with Gasteiger partial charge in [-0.3, -0.25) is 4.79 Å². The fraction of sp³-hybridized carbons (Fsp3) is 0.526. The van der Waals surface area contributed by atoms with Gasteiger partial charge in [-0.2, -0.15) is 0 Å². The third-order valence-corrected chi connectivity index (χ3v) is 5.20. The second kappa shape index (κ2) is 7.45. The molecule has 2 aromatic rings. The number of fused-ring (bicyclic) bond motifs is 1. The first kappa shape index (κ1) is 17.0. The van der Waals surface area contributed by atoms with Gasteiger partial charge >= 0.3 is 0 Å². The highest BCUT2D eigenvalue weighted by molar-refractivity contribution is 5.86. The first-order valence-corrected chi connectivity index (χ1v) is 9.17. The fourth-order valence-electron chi connectivity index (χ4n) is 3.72. The number of ether oxygens (including phenoxy) is 2. The van der Waals surface area contributed by atoms with E-state index in [9.17, 15) is 4.79 Å². The Morgan fingerprint density at radius 1 is 1.27 bits per heavy atom. The van der Waals surface area contributed by atoms with Crippen molar-refractivity contribution in [1.82, 2.24) is 14.9 Å². The lowest BCUT2D eigenvalue weighted by Gasteiger charge is -2.36. The van der Waals surface area contributed by atoms with Crippen LogP contribution >= 0.6 is 0 Å². The van der Waals surface area contributed by atoms with Gasteiger partial charge < -0.3 is 19.3 Å². The number of anilines is 1. The summed E-state index contributed by atoms with van der Waals surface area (Å²) < 4.78 is 10.9. The average molecular weight is 356 g/mol. The lowest BCUT2D eigenvalue weighted by molar-refractivity contribution is -0.133. The van der Waals surface area contributed by atoms with Gasteiger partial charge in [-0.1, -0.05) is 0 Å². The van der Waals surface area contributed by atoms with Gasteiger partial charge in [0.1, 0.15) is 6.33 Å². The van der Waals surface area contributed by atoms with Crippen LogP contribution in [0.4, 0.5) is 5.69 Å². The summed E-state index contributed by atoms with van der Waals surface area (Å²) in [5, 5.41) is 0.907. The highest BCUT2D eigenvalue weighted by Gasteiger charge is 2.25. The minimum Gasteiger partial charge on any atom is -0.480 e. The summed E-state index contributed by atoms with van der Waals surface area (Å²) >= 11 is 0. The maximum atomic E-state index is 12.4. The van der Waals surface area contributed by atoms with Gasteiger partial charge in [-0.15, -0.1) is 0 Å². The predicted molar refractivity (Wildman–Crippen MR) is 98.5 cm³/mol.